The van der Waals surface area contributed by atoms with Gasteiger partial charge >= 0.3 is 0 Å². The molecular weight excluding hydrogens is 353 g/mol. The zero-order valence-corrected chi connectivity index (χ0v) is 15.9. The van der Waals surface area contributed by atoms with Gasteiger partial charge in [0.15, 0.2) is 0 Å². The summed E-state index contributed by atoms with van der Waals surface area (Å²) in [6.45, 7) is 6.92. The number of nitrogens with one attached hydrogen (secondary N) is 2. The van der Waals surface area contributed by atoms with Crippen LogP contribution < -0.4 is 10.6 Å². The van der Waals surface area contributed by atoms with E-state index in [0.717, 1.165) is 58.8 Å². The molecule has 0 aromatic carbocycles. The van der Waals surface area contributed by atoms with Gasteiger partial charge in [-0.1, -0.05) is 0 Å². The average Bonchev–Trinajstić information content (AvgIpc) is 3.10. The number of carbonyl (C=O) groups is 1. The second kappa shape index (κ2) is 10.8. The number of hydrogen-bond acceptors (Lipinski definition) is 5. The van der Waals surface area contributed by atoms with Crippen LogP contribution in [-0.4, -0.2) is 75.0 Å². The van der Waals surface area contributed by atoms with E-state index in [1.54, 1.807) is 0 Å². The molecule has 0 aliphatic carbocycles. The lowest BCUT2D eigenvalue weighted by Crippen LogP contribution is -2.58. The van der Waals surface area contributed by atoms with Crippen LogP contribution in [0.4, 0.5) is 0 Å². The van der Waals surface area contributed by atoms with Gasteiger partial charge in [-0.25, -0.2) is 0 Å². The second-order valence-electron chi connectivity index (χ2n) is 6.74. The molecule has 3 saturated heterocycles. The first-order valence-corrected chi connectivity index (χ1v) is 8.69. The lowest BCUT2D eigenvalue weighted by molar-refractivity contribution is -0.123. The van der Waals surface area contributed by atoms with Crippen LogP contribution in [0.2, 0.25) is 0 Å². The molecule has 0 saturated carbocycles. The fraction of sp³-hybridized carbons (Fsp3) is 0.938. The van der Waals surface area contributed by atoms with Crippen molar-refractivity contribution in [1.29, 1.82) is 0 Å². The summed E-state index contributed by atoms with van der Waals surface area (Å²) >= 11 is 0. The summed E-state index contributed by atoms with van der Waals surface area (Å²) in [4.78, 5) is 14.8. The predicted molar refractivity (Wildman–Crippen MR) is 98.3 cm³/mol. The first-order valence-electron chi connectivity index (χ1n) is 8.69. The number of carbonyl (C=O) groups excluding carboxylic acids is 1. The van der Waals surface area contributed by atoms with Crippen LogP contribution >= 0.6 is 24.8 Å². The summed E-state index contributed by atoms with van der Waals surface area (Å²) in [5.74, 6) is 0.132. The zero-order chi connectivity index (χ0) is 15.3. The third-order valence-corrected chi connectivity index (χ3v) is 5.25. The van der Waals surface area contributed by atoms with E-state index in [4.69, 9.17) is 9.47 Å². The van der Waals surface area contributed by atoms with E-state index in [1.807, 2.05) is 0 Å². The van der Waals surface area contributed by atoms with E-state index in [2.05, 4.69) is 15.5 Å². The SMILES string of the molecule is Cl.Cl.O=C(CC1COCCN1)NCC1(N2CCCC2)CCOCC1. The second-order valence-corrected chi connectivity index (χ2v) is 6.74. The van der Waals surface area contributed by atoms with Gasteiger partial charge in [0, 0.05) is 44.3 Å². The van der Waals surface area contributed by atoms with Gasteiger partial charge in [0.2, 0.25) is 5.91 Å². The number of hydrogen-bond donors (Lipinski definition) is 2. The molecule has 1 unspecified atom stereocenters. The minimum atomic E-state index is 0. The Morgan fingerprint density at radius 2 is 1.83 bits per heavy atom. The average molecular weight is 384 g/mol. The maximum absolute atomic E-state index is 12.3. The number of rotatable bonds is 5. The highest BCUT2D eigenvalue weighted by atomic mass is 35.5. The highest BCUT2D eigenvalue weighted by Gasteiger charge is 2.39. The fourth-order valence-electron chi connectivity index (χ4n) is 3.86. The summed E-state index contributed by atoms with van der Waals surface area (Å²) < 4.78 is 11.0. The Kier molecular flexibility index (Phi) is 9.86. The summed E-state index contributed by atoms with van der Waals surface area (Å²) in [6, 6.07) is 0.158. The Balaban J connectivity index is 0.00000144. The Morgan fingerprint density at radius 1 is 1.12 bits per heavy atom. The predicted octanol–water partition coefficient (Wildman–Crippen LogP) is 0.970. The normalized spacial score (nSPS) is 26.9. The Hall–Kier alpha value is -0.110. The quantitative estimate of drug-likeness (QED) is 0.740. The van der Waals surface area contributed by atoms with E-state index >= 15 is 0 Å². The van der Waals surface area contributed by atoms with Crippen LogP contribution in [0.3, 0.4) is 0 Å². The smallest absolute Gasteiger partial charge is 0.221 e. The number of morpholine rings is 1. The van der Waals surface area contributed by atoms with E-state index in [0.29, 0.717) is 13.0 Å². The van der Waals surface area contributed by atoms with Gasteiger partial charge in [0.1, 0.15) is 0 Å². The molecular formula is C16H31Cl2N3O3. The van der Waals surface area contributed by atoms with Gasteiger partial charge < -0.3 is 20.1 Å². The molecule has 0 bridgehead atoms. The van der Waals surface area contributed by atoms with Crippen molar-refractivity contribution in [3.05, 3.63) is 0 Å². The van der Waals surface area contributed by atoms with Gasteiger partial charge in [-0.15, -0.1) is 24.8 Å². The molecule has 0 aromatic heterocycles. The van der Waals surface area contributed by atoms with Crippen LogP contribution in [0.15, 0.2) is 0 Å². The molecule has 142 valence electrons. The molecule has 0 spiro atoms. The van der Waals surface area contributed by atoms with Crippen LogP contribution in [0, 0.1) is 0 Å². The Morgan fingerprint density at radius 3 is 2.46 bits per heavy atom. The van der Waals surface area contributed by atoms with Crippen LogP contribution in [0.1, 0.15) is 32.1 Å². The van der Waals surface area contributed by atoms with Crippen molar-refractivity contribution >= 4 is 30.7 Å². The van der Waals surface area contributed by atoms with Crippen molar-refractivity contribution in [3.63, 3.8) is 0 Å². The number of amides is 1. The van der Waals surface area contributed by atoms with E-state index < -0.39 is 0 Å². The standard InChI is InChI=1S/C16H29N3O3.2ClH/c20-15(11-14-12-22-10-5-17-14)18-13-16(3-8-21-9-4-16)19-6-1-2-7-19;;/h14,17H,1-13H2,(H,18,20);2*1H. The Labute approximate surface area is 157 Å². The van der Waals surface area contributed by atoms with Gasteiger partial charge in [-0.2, -0.15) is 0 Å². The largest absolute Gasteiger partial charge is 0.381 e. The van der Waals surface area contributed by atoms with Crippen molar-refractivity contribution in [2.24, 2.45) is 0 Å². The topological polar surface area (TPSA) is 62.8 Å². The third-order valence-electron chi connectivity index (χ3n) is 5.25. The minimum absolute atomic E-state index is 0. The minimum Gasteiger partial charge on any atom is -0.381 e. The van der Waals surface area contributed by atoms with Crippen LogP contribution in [0.25, 0.3) is 0 Å². The number of likely N-dealkylation sites (tertiary alicyclic amines) is 1. The number of halogens is 2. The van der Waals surface area contributed by atoms with Crippen molar-refractivity contribution < 1.29 is 14.3 Å². The van der Waals surface area contributed by atoms with Crippen LogP contribution in [-0.2, 0) is 14.3 Å². The summed E-state index contributed by atoms with van der Waals surface area (Å²) in [5, 5.41) is 6.52. The maximum Gasteiger partial charge on any atom is 0.221 e. The van der Waals surface area contributed by atoms with Gasteiger partial charge in [-0.05, 0) is 38.8 Å². The molecule has 3 rings (SSSR count). The fourth-order valence-corrected chi connectivity index (χ4v) is 3.86. The lowest BCUT2D eigenvalue weighted by Gasteiger charge is -2.44. The molecule has 0 radical (unpaired) electrons. The first-order chi connectivity index (χ1) is 10.8. The Bertz CT molecular complexity index is 370. The zero-order valence-electron chi connectivity index (χ0n) is 14.3. The highest BCUT2D eigenvalue weighted by Crippen LogP contribution is 2.30. The molecule has 1 atom stereocenters. The molecule has 3 fully saturated rings. The molecule has 3 aliphatic rings. The molecule has 3 heterocycles. The monoisotopic (exact) mass is 383 g/mol. The van der Waals surface area contributed by atoms with Gasteiger partial charge in [-0.3, -0.25) is 9.69 Å². The molecule has 1 amide bonds. The highest BCUT2D eigenvalue weighted by molar-refractivity contribution is 5.85. The van der Waals surface area contributed by atoms with Gasteiger partial charge in [0.25, 0.3) is 0 Å². The van der Waals surface area contributed by atoms with E-state index in [9.17, 15) is 4.79 Å². The van der Waals surface area contributed by atoms with E-state index in [1.165, 1.54) is 12.8 Å². The number of nitrogens with zero attached hydrogens (tertiary/aromatic N) is 1. The lowest BCUT2D eigenvalue weighted by atomic mass is 9.88. The van der Waals surface area contributed by atoms with Crippen molar-refractivity contribution in [1.82, 2.24) is 15.5 Å². The number of ether oxygens (including phenoxy) is 2. The molecule has 8 heteroatoms. The van der Waals surface area contributed by atoms with Gasteiger partial charge in [0.05, 0.1) is 13.2 Å². The summed E-state index contributed by atoms with van der Waals surface area (Å²) in [6.07, 6.45) is 5.11. The van der Waals surface area contributed by atoms with Crippen molar-refractivity contribution in [2.75, 3.05) is 52.6 Å². The summed E-state index contributed by atoms with van der Waals surface area (Å²) in [7, 11) is 0. The molecule has 2 N–H and O–H groups in total. The molecule has 6 nitrogen and oxygen atoms in total. The van der Waals surface area contributed by atoms with Crippen LogP contribution in [0.5, 0.6) is 0 Å². The maximum atomic E-state index is 12.3. The van der Waals surface area contributed by atoms with E-state index in [-0.39, 0.29) is 42.3 Å². The molecule has 24 heavy (non-hydrogen) atoms. The van der Waals surface area contributed by atoms with Crippen molar-refractivity contribution in [3.8, 4) is 0 Å². The molecule has 0 aromatic rings. The first kappa shape index (κ1) is 21.9. The molecule has 3 aliphatic heterocycles. The third kappa shape index (κ3) is 5.71. The van der Waals surface area contributed by atoms with Crippen molar-refractivity contribution in [2.45, 2.75) is 43.7 Å². The summed E-state index contributed by atoms with van der Waals surface area (Å²) in [5.41, 5.74) is 0.112.